The molecule has 1 saturated heterocycles. The van der Waals surface area contributed by atoms with E-state index in [4.69, 9.17) is 10.5 Å². The molecule has 0 bridgehead atoms. The first-order valence-corrected chi connectivity index (χ1v) is 6.00. The Morgan fingerprint density at radius 1 is 1.59 bits per heavy atom. The van der Waals surface area contributed by atoms with Crippen LogP contribution in [0.1, 0.15) is 6.92 Å². The van der Waals surface area contributed by atoms with E-state index < -0.39 is 6.30 Å². The lowest BCUT2D eigenvalue weighted by molar-refractivity contribution is -0.00159. The van der Waals surface area contributed by atoms with Crippen LogP contribution in [0.15, 0.2) is 18.0 Å². The van der Waals surface area contributed by atoms with Gasteiger partial charge in [-0.3, -0.25) is 9.80 Å². The SMILES string of the molecule is C=C=C(N)CN(CC)C(F)CN1CCOCC1. The average Bonchev–Trinajstić information content (AvgIpc) is 2.36. The fourth-order valence-electron chi connectivity index (χ4n) is 1.80. The zero-order valence-electron chi connectivity index (χ0n) is 10.5. The van der Waals surface area contributed by atoms with Crippen LogP contribution in [0, 0.1) is 0 Å². The summed E-state index contributed by atoms with van der Waals surface area (Å²) in [5.74, 6) is 0. The molecule has 0 aromatic heterocycles. The van der Waals surface area contributed by atoms with E-state index >= 15 is 0 Å². The predicted molar refractivity (Wildman–Crippen MR) is 66.2 cm³/mol. The number of rotatable bonds is 6. The molecular weight excluding hydrogens is 221 g/mol. The number of nitrogens with two attached hydrogens (primary N) is 1. The summed E-state index contributed by atoms with van der Waals surface area (Å²) in [5.41, 5.74) is 8.70. The van der Waals surface area contributed by atoms with E-state index in [0.29, 0.717) is 38.5 Å². The summed E-state index contributed by atoms with van der Waals surface area (Å²) in [6.07, 6.45) is -1.01. The molecule has 1 fully saturated rings. The number of alkyl halides is 1. The summed E-state index contributed by atoms with van der Waals surface area (Å²) in [7, 11) is 0. The van der Waals surface area contributed by atoms with E-state index in [1.165, 1.54) is 0 Å². The molecule has 17 heavy (non-hydrogen) atoms. The van der Waals surface area contributed by atoms with Gasteiger partial charge in [0.1, 0.15) is 0 Å². The minimum absolute atomic E-state index is 0.380. The van der Waals surface area contributed by atoms with Gasteiger partial charge in [-0.15, -0.1) is 5.73 Å². The minimum atomic E-state index is -1.01. The van der Waals surface area contributed by atoms with Crippen molar-refractivity contribution in [2.24, 2.45) is 5.73 Å². The van der Waals surface area contributed by atoms with Gasteiger partial charge in [0.25, 0.3) is 0 Å². The number of hydrogen-bond donors (Lipinski definition) is 1. The summed E-state index contributed by atoms with van der Waals surface area (Å²) in [6.45, 7) is 9.75. The van der Waals surface area contributed by atoms with Gasteiger partial charge in [0.2, 0.25) is 0 Å². The minimum Gasteiger partial charge on any atom is -0.395 e. The summed E-state index contributed by atoms with van der Waals surface area (Å²) >= 11 is 0. The fraction of sp³-hybridized carbons (Fsp3) is 0.750. The van der Waals surface area contributed by atoms with Crippen LogP contribution in [-0.2, 0) is 4.74 Å². The van der Waals surface area contributed by atoms with Gasteiger partial charge in [-0.25, -0.2) is 4.39 Å². The molecule has 0 saturated carbocycles. The van der Waals surface area contributed by atoms with Gasteiger partial charge in [0.15, 0.2) is 6.30 Å². The zero-order valence-corrected chi connectivity index (χ0v) is 10.5. The van der Waals surface area contributed by atoms with Gasteiger partial charge in [0.05, 0.1) is 18.9 Å². The van der Waals surface area contributed by atoms with Crippen LogP contribution < -0.4 is 5.73 Å². The van der Waals surface area contributed by atoms with Crippen molar-refractivity contribution >= 4 is 0 Å². The summed E-state index contributed by atoms with van der Waals surface area (Å²) in [4.78, 5) is 3.76. The highest BCUT2D eigenvalue weighted by Crippen LogP contribution is 2.07. The van der Waals surface area contributed by atoms with Gasteiger partial charge in [-0.05, 0) is 6.54 Å². The van der Waals surface area contributed by atoms with Gasteiger partial charge in [0, 0.05) is 26.2 Å². The molecule has 1 unspecified atom stereocenters. The molecule has 0 aromatic carbocycles. The molecule has 0 amide bonds. The smallest absolute Gasteiger partial charge is 0.166 e. The number of ether oxygens (including phenoxy) is 1. The third-order valence-electron chi connectivity index (χ3n) is 2.92. The molecule has 1 rings (SSSR count). The Hall–Kier alpha value is -0.870. The van der Waals surface area contributed by atoms with Crippen LogP contribution in [-0.4, -0.2) is 62.0 Å². The Bertz CT molecular complexity index is 273. The number of hydrogen-bond acceptors (Lipinski definition) is 4. The normalized spacial score (nSPS) is 19.0. The Kier molecular flexibility index (Phi) is 6.22. The standard InChI is InChI=1S/C12H22FN3O/c1-3-11(14)9-16(4-2)12(13)10-15-5-7-17-8-6-15/h12H,1,4-10,14H2,2H3. The molecule has 1 heterocycles. The van der Waals surface area contributed by atoms with Crippen molar-refractivity contribution in [1.82, 2.24) is 9.80 Å². The van der Waals surface area contributed by atoms with Crippen LogP contribution >= 0.6 is 0 Å². The molecular formula is C12H22FN3O. The molecule has 0 radical (unpaired) electrons. The first-order chi connectivity index (χ1) is 8.17. The van der Waals surface area contributed by atoms with Crippen molar-refractivity contribution in [3.8, 4) is 0 Å². The molecule has 2 N–H and O–H groups in total. The molecule has 1 aliphatic heterocycles. The van der Waals surface area contributed by atoms with Crippen LogP contribution in [0.5, 0.6) is 0 Å². The van der Waals surface area contributed by atoms with Gasteiger partial charge >= 0.3 is 0 Å². The number of halogens is 1. The van der Waals surface area contributed by atoms with Crippen molar-refractivity contribution in [3.63, 3.8) is 0 Å². The number of nitrogens with zero attached hydrogens (tertiary/aromatic N) is 2. The Balaban J connectivity index is 2.41. The van der Waals surface area contributed by atoms with Crippen molar-refractivity contribution in [2.75, 3.05) is 45.9 Å². The maximum atomic E-state index is 14.1. The Morgan fingerprint density at radius 2 is 2.24 bits per heavy atom. The van der Waals surface area contributed by atoms with Crippen molar-refractivity contribution in [3.05, 3.63) is 18.0 Å². The van der Waals surface area contributed by atoms with E-state index in [2.05, 4.69) is 17.2 Å². The van der Waals surface area contributed by atoms with E-state index in [1.54, 1.807) is 4.90 Å². The lowest BCUT2D eigenvalue weighted by atomic mass is 10.3. The van der Waals surface area contributed by atoms with Crippen molar-refractivity contribution < 1.29 is 9.13 Å². The summed E-state index contributed by atoms with van der Waals surface area (Å²) in [5, 5.41) is 0. The second-order valence-electron chi connectivity index (χ2n) is 4.11. The molecule has 0 aromatic rings. The summed E-state index contributed by atoms with van der Waals surface area (Å²) in [6, 6.07) is 0. The highest BCUT2D eigenvalue weighted by atomic mass is 19.1. The molecule has 5 heteroatoms. The second-order valence-corrected chi connectivity index (χ2v) is 4.11. The fourth-order valence-corrected chi connectivity index (χ4v) is 1.80. The van der Waals surface area contributed by atoms with E-state index in [0.717, 1.165) is 13.1 Å². The van der Waals surface area contributed by atoms with Gasteiger partial charge in [-0.1, -0.05) is 13.5 Å². The topological polar surface area (TPSA) is 41.7 Å². The zero-order chi connectivity index (χ0) is 12.7. The molecule has 1 aliphatic rings. The maximum Gasteiger partial charge on any atom is 0.166 e. The molecule has 1 atom stereocenters. The van der Waals surface area contributed by atoms with Crippen LogP contribution in [0.3, 0.4) is 0 Å². The molecule has 98 valence electrons. The highest BCUT2D eigenvalue weighted by Gasteiger charge is 2.21. The lowest BCUT2D eigenvalue weighted by Gasteiger charge is -2.32. The Labute approximate surface area is 103 Å². The van der Waals surface area contributed by atoms with Crippen LogP contribution in [0.2, 0.25) is 0 Å². The number of likely N-dealkylation sites (N-methyl/N-ethyl adjacent to an activating group) is 1. The first kappa shape index (κ1) is 14.2. The summed E-state index contributed by atoms with van der Waals surface area (Å²) < 4.78 is 19.3. The Morgan fingerprint density at radius 3 is 2.76 bits per heavy atom. The maximum absolute atomic E-state index is 14.1. The second kappa shape index (κ2) is 7.45. The quantitative estimate of drug-likeness (QED) is 0.547. The molecule has 0 aliphatic carbocycles. The third kappa shape index (κ3) is 4.88. The van der Waals surface area contributed by atoms with E-state index in [-0.39, 0.29) is 0 Å². The monoisotopic (exact) mass is 243 g/mol. The molecule has 0 spiro atoms. The van der Waals surface area contributed by atoms with Gasteiger partial charge < -0.3 is 10.5 Å². The average molecular weight is 243 g/mol. The highest BCUT2D eigenvalue weighted by molar-refractivity contribution is 4.96. The molecule has 4 nitrogen and oxygen atoms in total. The van der Waals surface area contributed by atoms with Gasteiger partial charge in [-0.2, -0.15) is 0 Å². The van der Waals surface area contributed by atoms with E-state index in [1.807, 2.05) is 6.92 Å². The van der Waals surface area contributed by atoms with E-state index in [9.17, 15) is 4.39 Å². The van der Waals surface area contributed by atoms with Crippen LogP contribution in [0.25, 0.3) is 0 Å². The first-order valence-electron chi connectivity index (χ1n) is 6.00. The number of morpholine rings is 1. The van der Waals surface area contributed by atoms with Crippen molar-refractivity contribution in [2.45, 2.75) is 13.2 Å². The van der Waals surface area contributed by atoms with Crippen LogP contribution in [0.4, 0.5) is 4.39 Å². The lowest BCUT2D eigenvalue weighted by Crippen LogP contribution is -2.46. The third-order valence-corrected chi connectivity index (χ3v) is 2.92. The predicted octanol–water partition coefficient (Wildman–Crippen LogP) is 0.564. The van der Waals surface area contributed by atoms with Crippen molar-refractivity contribution in [1.29, 1.82) is 0 Å². The largest absolute Gasteiger partial charge is 0.395 e.